The van der Waals surface area contributed by atoms with Crippen molar-refractivity contribution in [2.45, 2.75) is 46.8 Å². The molecule has 5 aromatic rings. The number of aliphatic hydroxyl groups is 1. The van der Waals surface area contributed by atoms with E-state index in [0.717, 1.165) is 39.3 Å². The third-order valence-electron chi connectivity index (χ3n) is 7.47. The summed E-state index contributed by atoms with van der Waals surface area (Å²) in [5.41, 5.74) is 4.92. The summed E-state index contributed by atoms with van der Waals surface area (Å²) in [6.45, 7) is 8.46. The number of ether oxygens (including phenoxy) is 1. The van der Waals surface area contributed by atoms with Gasteiger partial charge >= 0.3 is 0 Å². The molecule has 0 aliphatic rings. The average molecular weight is 548 g/mol. The highest BCUT2D eigenvalue weighted by molar-refractivity contribution is 5.98. The number of hydrogen-bond acceptors (Lipinski definition) is 5. The van der Waals surface area contributed by atoms with Gasteiger partial charge in [-0.2, -0.15) is 9.49 Å². The topological polar surface area (TPSA) is 76.6 Å². The molecule has 7 nitrogen and oxygen atoms in total. The predicted molar refractivity (Wildman–Crippen MR) is 152 cm³/mol. The van der Waals surface area contributed by atoms with E-state index >= 15 is 4.39 Å². The van der Waals surface area contributed by atoms with Crippen LogP contribution in [0.1, 0.15) is 49.4 Å². The molecule has 5 rings (SSSR count). The molecule has 0 aliphatic carbocycles. The van der Waals surface area contributed by atoms with Crippen LogP contribution < -0.4 is 10.1 Å². The van der Waals surface area contributed by atoms with Gasteiger partial charge < -0.3 is 19.6 Å². The van der Waals surface area contributed by atoms with Crippen molar-refractivity contribution in [2.75, 3.05) is 13.7 Å². The number of benzene rings is 2. The van der Waals surface area contributed by atoms with Gasteiger partial charge in [-0.3, -0.25) is 4.68 Å². The van der Waals surface area contributed by atoms with E-state index in [4.69, 9.17) is 4.74 Å². The molecule has 0 fully saturated rings. The van der Waals surface area contributed by atoms with Crippen LogP contribution in [0.3, 0.4) is 0 Å². The first-order valence-corrected chi connectivity index (χ1v) is 13.4. The normalized spacial score (nSPS) is 12.9. The fraction of sp³-hybridized carbons (Fsp3) is 0.355. The molecule has 0 spiro atoms. The summed E-state index contributed by atoms with van der Waals surface area (Å²) in [6, 6.07) is 8.47. The van der Waals surface area contributed by atoms with E-state index in [-0.39, 0.29) is 12.4 Å². The van der Waals surface area contributed by atoms with Crippen LogP contribution in [0.4, 0.5) is 8.78 Å². The second-order valence-corrected chi connectivity index (χ2v) is 11.3. The van der Waals surface area contributed by atoms with E-state index in [9.17, 15) is 9.50 Å². The molecule has 0 saturated carbocycles. The number of aliphatic hydroxyl groups excluding tert-OH is 1. The van der Waals surface area contributed by atoms with E-state index in [0.29, 0.717) is 29.8 Å². The number of pyridine rings is 1. The summed E-state index contributed by atoms with van der Waals surface area (Å²) in [7, 11) is 3.70. The van der Waals surface area contributed by atoms with E-state index in [2.05, 4.69) is 15.4 Å². The minimum Gasteiger partial charge on any atom is -0.489 e. The van der Waals surface area contributed by atoms with Crippen LogP contribution in [-0.4, -0.2) is 37.9 Å². The van der Waals surface area contributed by atoms with Gasteiger partial charge in [0.2, 0.25) is 5.82 Å². The Morgan fingerprint density at radius 3 is 2.62 bits per heavy atom. The van der Waals surface area contributed by atoms with Gasteiger partial charge in [-0.05, 0) is 54.1 Å². The lowest BCUT2D eigenvalue weighted by Gasteiger charge is -2.25. The molecule has 1 unspecified atom stereocenters. The van der Waals surface area contributed by atoms with Crippen molar-refractivity contribution in [3.05, 3.63) is 83.1 Å². The lowest BCUT2D eigenvalue weighted by Crippen LogP contribution is -2.20. The van der Waals surface area contributed by atoms with Crippen LogP contribution in [0.25, 0.3) is 27.5 Å². The minimum atomic E-state index is -1.03. The Balaban J connectivity index is 1.51. The van der Waals surface area contributed by atoms with Crippen molar-refractivity contribution in [3.8, 4) is 16.9 Å². The summed E-state index contributed by atoms with van der Waals surface area (Å²) in [4.78, 5) is 4.49. The highest BCUT2D eigenvalue weighted by Gasteiger charge is 2.30. The molecule has 2 aromatic carbocycles. The molecular weight excluding hydrogens is 512 g/mol. The quantitative estimate of drug-likeness (QED) is 0.253. The van der Waals surface area contributed by atoms with Gasteiger partial charge in [0.15, 0.2) is 11.6 Å². The summed E-state index contributed by atoms with van der Waals surface area (Å²) in [5, 5.41) is 20.6. The van der Waals surface area contributed by atoms with Crippen LogP contribution >= 0.6 is 0 Å². The first-order valence-electron chi connectivity index (χ1n) is 13.4. The van der Waals surface area contributed by atoms with Crippen molar-refractivity contribution < 1.29 is 18.6 Å². The SMILES string of the molecule is CNCc1cn2ccnc2c2ccc(-c3ccc(F)c(F)c3OCCc3c(C(O)C(C)(C)C)nn(C)c3C)cc12. The standard InChI is InChI=1S/C31H35F2N5O2/c1-18-21(27(36-37(18)6)29(39)31(2,3)4)11-14-40-28-22(9-10-25(32)26(28)33)19-7-8-23-24(15-19)20(16-34-5)17-38-13-12-35-30(23)38/h7-10,12-13,15,17,29,34,39H,11,14,16H2,1-6H3. The highest BCUT2D eigenvalue weighted by Crippen LogP contribution is 2.38. The van der Waals surface area contributed by atoms with Crippen LogP contribution in [-0.2, 0) is 20.0 Å². The minimum absolute atomic E-state index is 0.0804. The van der Waals surface area contributed by atoms with Gasteiger partial charge in [0.05, 0.1) is 12.3 Å². The van der Waals surface area contributed by atoms with E-state index in [1.807, 2.05) is 76.8 Å². The van der Waals surface area contributed by atoms with Gasteiger partial charge in [0, 0.05) is 60.8 Å². The van der Waals surface area contributed by atoms with Gasteiger partial charge in [-0.1, -0.05) is 32.9 Å². The summed E-state index contributed by atoms with van der Waals surface area (Å²) < 4.78 is 39.3. The van der Waals surface area contributed by atoms with Gasteiger partial charge in [-0.15, -0.1) is 0 Å². The Bertz CT molecular complexity index is 1700. The Morgan fingerprint density at radius 1 is 1.12 bits per heavy atom. The maximum absolute atomic E-state index is 15.2. The molecular formula is C31H35F2N5O2. The third kappa shape index (κ3) is 4.95. The summed E-state index contributed by atoms with van der Waals surface area (Å²) in [5.74, 6) is -2.15. The van der Waals surface area contributed by atoms with Crippen molar-refractivity contribution >= 4 is 16.4 Å². The fourth-order valence-corrected chi connectivity index (χ4v) is 5.14. The van der Waals surface area contributed by atoms with Gasteiger partial charge in [0.25, 0.3) is 0 Å². The number of imidazole rings is 1. The monoisotopic (exact) mass is 547 g/mol. The molecule has 0 bridgehead atoms. The lowest BCUT2D eigenvalue weighted by molar-refractivity contribution is 0.0575. The van der Waals surface area contributed by atoms with E-state index in [1.54, 1.807) is 16.9 Å². The van der Waals surface area contributed by atoms with Gasteiger partial charge in [0.1, 0.15) is 11.8 Å². The molecule has 210 valence electrons. The molecule has 0 saturated heterocycles. The number of rotatable bonds is 8. The van der Waals surface area contributed by atoms with Crippen LogP contribution in [0.5, 0.6) is 5.75 Å². The van der Waals surface area contributed by atoms with Crippen LogP contribution in [0.2, 0.25) is 0 Å². The average Bonchev–Trinajstić information content (AvgIpc) is 3.50. The van der Waals surface area contributed by atoms with Crippen molar-refractivity contribution in [1.29, 1.82) is 0 Å². The van der Waals surface area contributed by atoms with Gasteiger partial charge in [-0.25, -0.2) is 9.37 Å². The second-order valence-electron chi connectivity index (χ2n) is 11.3. The zero-order valence-corrected chi connectivity index (χ0v) is 23.7. The zero-order chi connectivity index (χ0) is 28.8. The maximum Gasteiger partial charge on any atom is 0.201 e. The number of hydrogen-bond donors (Lipinski definition) is 2. The van der Waals surface area contributed by atoms with Crippen molar-refractivity contribution in [3.63, 3.8) is 0 Å². The molecule has 3 heterocycles. The van der Waals surface area contributed by atoms with Crippen molar-refractivity contribution in [1.82, 2.24) is 24.5 Å². The molecule has 2 N–H and O–H groups in total. The molecule has 0 radical (unpaired) electrons. The number of nitrogens with one attached hydrogen (secondary N) is 1. The Hall–Kier alpha value is -3.82. The Labute approximate surface area is 232 Å². The summed E-state index contributed by atoms with van der Waals surface area (Å²) in [6.07, 6.45) is 5.27. The first-order chi connectivity index (χ1) is 19.0. The number of fused-ring (bicyclic) bond motifs is 3. The largest absolute Gasteiger partial charge is 0.489 e. The molecule has 9 heteroatoms. The number of halogens is 2. The molecule has 0 aliphatic heterocycles. The predicted octanol–water partition coefficient (Wildman–Crippen LogP) is 5.90. The number of aryl methyl sites for hydroxylation is 1. The maximum atomic E-state index is 15.2. The Morgan fingerprint density at radius 2 is 1.90 bits per heavy atom. The number of nitrogens with zero attached hydrogens (tertiary/aromatic N) is 4. The van der Waals surface area contributed by atoms with E-state index in [1.165, 1.54) is 0 Å². The lowest BCUT2D eigenvalue weighted by atomic mass is 9.85. The highest BCUT2D eigenvalue weighted by atomic mass is 19.2. The van der Waals surface area contributed by atoms with Crippen LogP contribution in [0, 0.1) is 24.0 Å². The summed E-state index contributed by atoms with van der Waals surface area (Å²) >= 11 is 0. The zero-order valence-electron chi connectivity index (χ0n) is 23.7. The first kappa shape index (κ1) is 27.7. The Kier molecular flexibility index (Phi) is 7.37. The number of aromatic nitrogens is 4. The molecule has 0 amide bonds. The van der Waals surface area contributed by atoms with E-state index < -0.39 is 23.2 Å². The fourth-order valence-electron chi connectivity index (χ4n) is 5.14. The molecule has 1 atom stereocenters. The second kappa shape index (κ2) is 10.6. The third-order valence-corrected chi connectivity index (χ3v) is 7.47. The van der Waals surface area contributed by atoms with Crippen LogP contribution in [0.15, 0.2) is 48.9 Å². The smallest absolute Gasteiger partial charge is 0.201 e. The molecule has 40 heavy (non-hydrogen) atoms. The molecule has 3 aromatic heterocycles. The van der Waals surface area contributed by atoms with Crippen molar-refractivity contribution in [2.24, 2.45) is 12.5 Å².